The lowest BCUT2D eigenvalue weighted by Gasteiger charge is -2.07. The van der Waals surface area contributed by atoms with Gasteiger partial charge in [-0.2, -0.15) is 5.10 Å². The number of hydrogen-bond acceptors (Lipinski definition) is 5. The second kappa shape index (κ2) is 4.61. The lowest BCUT2D eigenvalue weighted by molar-refractivity contribution is 0.602. The Balaban J connectivity index is 1.93. The molecule has 0 aliphatic carbocycles. The Morgan fingerprint density at radius 3 is 2.60 bits per heavy atom. The molecule has 20 heavy (non-hydrogen) atoms. The Hall–Kier alpha value is -2.41. The van der Waals surface area contributed by atoms with Crippen molar-refractivity contribution >= 4 is 26.9 Å². The van der Waals surface area contributed by atoms with E-state index >= 15 is 0 Å². The van der Waals surface area contributed by atoms with E-state index in [1.54, 1.807) is 28.8 Å². The molecule has 0 aliphatic rings. The van der Waals surface area contributed by atoms with Crippen molar-refractivity contribution < 1.29 is 8.42 Å². The van der Waals surface area contributed by atoms with Crippen LogP contribution in [-0.4, -0.2) is 29.3 Å². The molecule has 0 atom stereocenters. The number of benzene rings is 1. The average Bonchev–Trinajstić information content (AvgIpc) is 2.88. The molecule has 0 amide bonds. The van der Waals surface area contributed by atoms with Gasteiger partial charge in [-0.15, -0.1) is 0 Å². The molecule has 2 aromatic heterocycles. The van der Waals surface area contributed by atoms with Gasteiger partial charge in [-0.05, 0) is 36.4 Å². The largest absolute Gasteiger partial charge is 0.338 e. The summed E-state index contributed by atoms with van der Waals surface area (Å²) in [6, 6.07) is 10.3. The van der Waals surface area contributed by atoms with Crippen molar-refractivity contribution in [3.05, 3.63) is 48.9 Å². The van der Waals surface area contributed by atoms with Crippen LogP contribution < -0.4 is 5.32 Å². The highest BCUT2D eigenvalue weighted by Crippen LogP contribution is 2.20. The topological polar surface area (TPSA) is 76.4 Å². The Labute approximate surface area is 116 Å². The standard InChI is InChI=1S/C13H12N4O2S/c1-20(18,19)11-6-4-10(5-7-11)16-13-12-3-2-8-17(12)15-9-14-13/h2-9H,1H3,(H,14,15,16). The van der Waals surface area contributed by atoms with Crippen LogP contribution in [0.1, 0.15) is 0 Å². The van der Waals surface area contributed by atoms with Crippen LogP contribution in [0.15, 0.2) is 53.8 Å². The summed E-state index contributed by atoms with van der Waals surface area (Å²) in [4.78, 5) is 4.47. The first-order valence-corrected chi connectivity index (χ1v) is 7.79. The van der Waals surface area contributed by atoms with Crippen molar-refractivity contribution in [3.8, 4) is 0 Å². The molecule has 0 fully saturated rings. The molecule has 0 bridgehead atoms. The highest BCUT2D eigenvalue weighted by Gasteiger charge is 2.07. The first kappa shape index (κ1) is 12.6. The fraction of sp³-hybridized carbons (Fsp3) is 0.0769. The molecule has 1 aromatic carbocycles. The van der Waals surface area contributed by atoms with Gasteiger partial charge in [0.15, 0.2) is 15.7 Å². The lowest BCUT2D eigenvalue weighted by Crippen LogP contribution is -2.00. The van der Waals surface area contributed by atoms with E-state index in [-0.39, 0.29) is 0 Å². The summed E-state index contributed by atoms with van der Waals surface area (Å²) in [7, 11) is -3.18. The van der Waals surface area contributed by atoms with Gasteiger partial charge in [-0.3, -0.25) is 0 Å². The summed E-state index contributed by atoms with van der Waals surface area (Å²) in [5.74, 6) is 0.664. The minimum atomic E-state index is -3.18. The quantitative estimate of drug-likeness (QED) is 0.796. The third-order valence-corrected chi connectivity index (χ3v) is 4.01. The maximum Gasteiger partial charge on any atom is 0.175 e. The fourth-order valence-corrected chi connectivity index (χ4v) is 2.51. The van der Waals surface area contributed by atoms with Gasteiger partial charge in [0.25, 0.3) is 0 Å². The average molecular weight is 288 g/mol. The molecule has 2 heterocycles. The number of aromatic nitrogens is 3. The summed E-state index contributed by atoms with van der Waals surface area (Å²) in [5, 5.41) is 7.22. The molecule has 0 spiro atoms. The summed E-state index contributed by atoms with van der Waals surface area (Å²) in [6.45, 7) is 0. The van der Waals surface area contributed by atoms with Crippen LogP contribution >= 0.6 is 0 Å². The minimum Gasteiger partial charge on any atom is -0.338 e. The predicted octanol–water partition coefficient (Wildman–Crippen LogP) is 1.88. The first-order chi connectivity index (χ1) is 9.54. The normalized spacial score (nSPS) is 11.7. The van der Waals surface area contributed by atoms with Crippen LogP contribution in [-0.2, 0) is 9.84 Å². The van der Waals surface area contributed by atoms with Crippen molar-refractivity contribution in [1.82, 2.24) is 14.6 Å². The highest BCUT2D eigenvalue weighted by molar-refractivity contribution is 7.90. The zero-order valence-corrected chi connectivity index (χ0v) is 11.5. The molecular weight excluding hydrogens is 276 g/mol. The minimum absolute atomic E-state index is 0.290. The molecule has 3 aromatic rings. The van der Waals surface area contributed by atoms with E-state index in [0.29, 0.717) is 10.7 Å². The molecule has 1 N–H and O–H groups in total. The Bertz CT molecular complexity index is 853. The molecule has 102 valence electrons. The van der Waals surface area contributed by atoms with Crippen molar-refractivity contribution in [2.75, 3.05) is 11.6 Å². The maximum absolute atomic E-state index is 11.4. The van der Waals surface area contributed by atoms with Gasteiger partial charge in [0.1, 0.15) is 11.8 Å². The number of fused-ring (bicyclic) bond motifs is 1. The van der Waals surface area contributed by atoms with E-state index in [2.05, 4.69) is 15.4 Å². The van der Waals surface area contributed by atoms with Gasteiger partial charge in [-0.1, -0.05) is 0 Å². The van der Waals surface area contributed by atoms with Gasteiger partial charge in [-0.25, -0.2) is 17.9 Å². The highest BCUT2D eigenvalue weighted by atomic mass is 32.2. The zero-order chi connectivity index (χ0) is 14.2. The van der Waals surface area contributed by atoms with E-state index in [4.69, 9.17) is 0 Å². The lowest BCUT2D eigenvalue weighted by atomic mass is 10.3. The van der Waals surface area contributed by atoms with E-state index in [1.165, 1.54) is 12.6 Å². The number of hydrogen-bond donors (Lipinski definition) is 1. The molecule has 7 heteroatoms. The first-order valence-electron chi connectivity index (χ1n) is 5.89. The Kier molecular flexibility index (Phi) is 2.90. The van der Waals surface area contributed by atoms with E-state index in [0.717, 1.165) is 11.2 Å². The molecule has 0 saturated heterocycles. The van der Waals surface area contributed by atoms with Gasteiger partial charge < -0.3 is 5.32 Å². The summed E-state index contributed by atoms with van der Waals surface area (Å²) in [5.41, 5.74) is 1.61. The van der Waals surface area contributed by atoms with Crippen LogP contribution in [0.25, 0.3) is 5.52 Å². The van der Waals surface area contributed by atoms with Crippen molar-refractivity contribution in [3.63, 3.8) is 0 Å². The molecule has 0 saturated carbocycles. The molecule has 0 radical (unpaired) electrons. The SMILES string of the molecule is CS(=O)(=O)c1ccc(Nc2ncnn3cccc23)cc1. The second-order valence-corrected chi connectivity index (χ2v) is 6.38. The number of anilines is 2. The van der Waals surface area contributed by atoms with Crippen LogP contribution in [0.5, 0.6) is 0 Å². The number of nitrogens with zero attached hydrogens (tertiary/aromatic N) is 3. The van der Waals surface area contributed by atoms with Crippen molar-refractivity contribution in [2.45, 2.75) is 4.90 Å². The van der Waals surface area contributed by atoms with Crippen molar-refractivity contribution in [2.24, 2.45) is 0 Å². The molecule has 0 aliphatic heterocycles. The summed E-state index contributed by atoms with van der Waals surface area (Å²) < 4.78 is 24.5. The summed E-state index contributed by atoms with van der Waals surface area (Å²) >= 11 is 0. The van der Waals surface area contributed by atoms with Crippen LogP contribution in [0.2, 0.25) is 0 Å². The van der Waals surface area contributed by atoms with Gasteiger partial charge in [0.2, 0.25) is 0 Å². The van der Waals surface area contributed by atoms with Crippen LogP contribution in [0.4, 0.5) is 11.5 Å². The molecule has 6 nitrogen and oxygen atoms in total. The molecular formula is C13H12N4O2S. The fourth-order valence-electron chi connectivity index (χ4n) is 1.88. The Morgan fingerprint density at radius 2 is 1.90 bits per heavy atom. The monoisotopic (exact) mass is 288 g/mol. The van der Waals surface area contributed by atoms with Gasteiger partial charge in [0, 0.05) is 18.1 Å². The summed E-state index contributed by atoms with van der Waals surface area (Å²) in [6.07, 6.45) is 4.47. The van der Waals surface area contributed by atoms with E-state index in [9.17, 15) is 8.42 Å². The van der Waals surface area contributed by atoms with Gasteiger partial charge >= 0.3 is 0 Å². The predicted molar refractivity (Wildman–Crippen MR) is 75.8 cm³/mol. The molecule has 3 rings (SSSR count). The Morgan fingerprint density at radius 1 is 1.15 bits per heavy atom. The second-order valence-electron chi connectivity index (χ2n) is 4.37. The number of rotatable bonds is 3. The van der Waals surface area contributed by atoms with E-state index in [1.807, 2.05) is 18.3 Å². The smallest absolute Gasteiger partial charge is 0.175 e. The third kappa shape index (κ3) is 2.35. The van der Waals surface area contributed by atoms with E-state index < -0.39 is 9.84 Å². The van der Waals surface area contributed by atoms with Crippen LogP contribution in [0, 0.1) is 0 Å². The maximum atomic E-state index is 11.4. The van der Waals surface area contributed by atoms with Crippen molar-refractivity contribution in [1.29, 1.82) is 0 Å². The number of sulfone groups is 1. The van der Waals surface area contributed by atoms with Crippen LogP contribution in [0.3, 0.4) is 0 Å². The number of nitrogens with one attached hydrogen (secondary N) is 1. The zero-order valence-electron chi connectivity index (χ0n) is 10.7. The molecule has 0 unspecified atom stereocenters. The van der Waals surface area contributed by atoms with Gasteiger partial charge in [0.05, 0.1) is 4.90 Å². The third-order valence-electron chi connectivity index (χ3n) is 2.88.